The highest BCUT2D eigenvalue weighted by molar-refractivity contribution is 7.47. The quantitative estimate of drug-likeness (QED) is 0.0211. The van der Waals surface area contributed by atoms with Gasteiger partial charge in [-0.1, -0.05) is 304 Å². The molecule has 0 bridgehead atoms. The van der Waals surface area contributed by atoms with Crippen molar-refractivity contribution in [3.63, 3.8) is 0 Å². The zero-order chi connectivity index (χ0) is 61.2. The number of ether oxygens (including phenoxy) is 2. The first-order valence-electron chi connectivity index (χ1n) is 35.3. The van der Waals surface area contributed by atoms with Crippen molar-refractivity contribution in [2.24, 2.45) is 0 Å². The van der Waals surface area contributed by atoms with Gasteiger partial charge in [-0.15, -0.1) is 0 Å². The Kier molecular flexibility index (Phi) is 62.5. The molecule has 9 nitrogen and oxygen atoms in total. The molecule has 488 valence electrons. The summed E-state index contributed by atoms with van der Waals surface area (Å²) in [6.07, 6.45) is 88.4. The van der Waals surface area contributed by atoms with E-state index in [2.05, 4.69) is 98.9 Å². The minimum atomic E-state index is -4.40. The molecular formula is C74H135NO8P+. The second kappa shape index (κ2) is 64.7. The molecule has 0 aromatic heterocycles. The van der Waals surface area contributed by atoms with E-state index in [1.165, 1.54) is 193 Å². The fraction of sp³-hybridized carbons (Fsp3) is 0.784. The third-order valence-corrected chi connectivity index (χ3v) is 16.4. The molecule has 0 aliphatic heterocycles. The monoisotopic (exact) mass is 1200 g/mol. The van der Waals surface area contributed by atoms with Crippen molar-refractivity contribution in [1.29, 1.82) is 0 Å². The molecule has 0 aromatic rings. The van der Waals surface area contributed by atoms with Gasteiger partial charge in [-0.25, -0.2) is 4.57 Å². The van der Waals surface area contributed by atoms with Crippen molar-refractivity contribution in [1.82, 2.24) is 0 Å². The Morgan fingerprint density at radius 1 is 0.381 bits per heavy atom. The summed E-state index contributed by atoms with van der Waals surface area (Å²) in [5.74, 6) is -0.806. The lowest BCUT2D eigenvalue weighted by Gasteiger charge is -2.24. The molecule has 0 aliphatic carbocycles. The number of carbonyl (C=O) groups excluding carboxylic acids is 2. The van der Waals surface area contributed by atoms with Gasteiger partial charge in [0.15, 0.2) is 6.10 Å². The molecule has 2 unspecified atom stereocenters. The Labute approximate surface area is 520 Å². The van der Waals surface area contributed by atoms with Gasteiger partial charge < -0.3 is 18.9 Å². The van der Waals surface area contributed by atoms with Crippen LogP contribution in [0.1, 0.15) is 322 Å². The highest BCUT2D eigenvalue weighted by Crippen LogP contribution is 2.43. The molecule has 0 fully saturated rings. The first-order valence-corrected chi connectivity index (χ1v) is 36.8. The summed E-state index contributed by atoms with van der Waals surface area (Å²) >= 11 is 0. The zero-order valence-electron chi connectivity index (χ0n) is 55.6. The van der Waals surface area contributed by atoms with Crippen LogP contribution in [0.25, 0.3) is 0 Å². The Morgan fingerprint density at radius 3 is 1.02 bits per heavy atom. The van der Waals surface area contributed by atoms with E-state index in [4.69, 9.17) is 18.5 Å². The van der Waals surface area contributed by atoms with E-state index in [0.717, 1.165) is 96.3 Å². The van der Waals surface area contributed by atoms with Crippen LogP contribution in [0, 0.1) is 0 Å². The van der Waals surface area contributed by atoms with Crippen molar-refractivity contribution < 1.29 is 42.1 Å². The number of esters is 2. The average Bonchev–Trinajstić information content (AvgIpc) is 3.60. The van der Waals surface area contributed by atoms with Crippen LogP contribution in [0.5, 0.6) is 0 Å². The molecule has 0 heterocycles. The van der Waals surface area contributed by atoms with Crippen LogP contribution >= 0.6 is 7.82 Å². The van der Waals surface area contributed by atoms with Crippen molar-refractivity contribution in [2.45, 2.75) is 328 Å². The Balaban J connectivity index is 4.02. The van der Waals surface area contributed by atoms with Crippen LogP contribution in [0.3, 0.4) is 0 Å². The van der Waals surface area contributed by atoms with Crippen LogP contribution in [0.4, 0.5) is 0 Å². The van der Waals surface area contributed by atoms with E-state index in [0.29, 0.717) is 17.4 Å². The number of allylic oxidation sites excluding steroid dienone is 14. The number of nitrogens with zero attached hydrogens (tertiary/aromatic N) is 1. The molecule has 2 atom stereocenters. The molecule has 84 heavy (non-hydrogen) atoms. The van der Waals surface area contributed by atoms with Crippen LogP contribution in [0.15, 0.2) is 85.1 Å². The van der Waals surface area contributed by atoms with Gasteiger partial charge in [-0.3, -0.25) is 18.6 Å². The summed E-state index contributed by atoms with van der Waals surface area (Å²) in [5.41, 5.74) is 0. The number of carbonyl (C=O) groups is 2. The van der Waals surface area contributed by atoms with Crippen LogP contribution in [0.2, 0.25) is 0 Å². The molecule has 0 saturated carbocycles. The Hall–Kier alpha value is -2.81. The maximum atomic E-state index is 12.9. The molecule has 10 heteroatoms. The largest absolute Gasteiger partial charge is 0.472 e. The summed E-state index contributed by atoms with van der Waals surface area (Å²) < 4.78 is 34.7. The van der Waals surface area contributed by atoms with Gasteiger partial charge in [0, 0.05) is 12.8 Å². The van der Waals surface area contributed by atoms with E-state index in [1.54, 1.807) is 0 Å². The van der Waals surface area contributed by atoms with Gasteiger partial charge in [0.25, 0.3) is 0 Å². The van der Waals surface area contributed by atoms with Crippen LogP contribution in [-0.4, -0.2) is 74.9 Å². The van der Waals surface area contributed by atoms with Crippen LogP contribution < -0.4 is 0 Å². The molecule has 0 saturated heterocycles. The summed E-state index contributed by atoms with van der Waals surface area (Å²) in [5, 5.41) is 0. The second-order valence-corrected chi connectivity index (χ2v) is 26.3. The summed E-state index contributed by atoms with van der Waals surface area (Å²) in [7, 11) is 1.47. The Morgan fingerprint density at radius 2 is 0.679 bits per heavy atom. The minimum Gasteiger partial charge on any atom is -0.462 e. The molecule has 0 aromatic carbocycles. The van der Waals surface area contributed by atoms with Crippen molar-refractivity contribution >= 4 is 19.8 Å². The maximum Gasteiger partial charge on any atom is 0.472 e. The molecular weight excluding hydrogens is 1060 g/mol. The number of rotatable bonds is 65. The summed E-state index contributed by atoms with van der Waals surface area (Å²) in [4.78, 5) is 35.9. The van der Waals surface area contributed by atoms with Gasteiger partial charge in [0.1, 0.15) is 19.8 Å². The van der Waals surface area contributed by atoms with Gasteiger partial charge in [0.2, 0.25) is 0 Å². The normalized spacial score (nSPS) is 13.6. The standard InChI is InChI=1S/C74H134NO8P/c1-6-8-10-12-14-16-18-20-22-24-26-28-30-32-33-34-35-36-37-38-39-40-41-43-44-46-48-50-52-54-56-58-60-62-64-66-73(76)80-70-72(71-82-84(78,79)81-69-68-75(3,4)5)83-74(77)67-65-63-61-59-57-55-53-51-49-47-45-42-31-29-27-25-23-21-19-17-15-13-11-9-7-2/h9,11,15,17,21,23-24,26-27,29,42,45,49,51,72H,6-8,10,12-14,16,18-20,22,25,28,30-41,43-44,46-48,50,52-71H2,1-5H3/p+1/b11-9-,17-15-,23-21-,26-24-,29-27-,45-42-,51-49-. The topological polar surface area (TPSA) is 108 Å². The van der Waals surface area contributed by atoms with Crippen molar-refractivity contribution in [3.8, 4) is 0 Å². The molecule has 0 aliphatic rings. The lowest BCUT2D eigenvalue weighted by molar-refractivity contribution is -0.870. The number of quaternary nitrogens is 1. The van der Waals surface area contributed by atoms with E-state index >= 15 is 0 Å². The molecule has 0 radical (unpaired) electrons. The van der Waals surface area contributed by atoms with E-state index in [9.17, 15) is 19.0 Å². The second-order valence-electron chi connectivity index (χ2n) is 24.9. The number of phosphoric ester groups is 1. The highest BCUT2D eigenvalue weighted by atomic mass is 31.2. The van der Waals surface area contributed by atoms with Gasteiger partial charge >= 0.3 is 19.8 Å². The van der Waals surface area contributed by atoms with Crippen molar-refractivity contribution in [3.05, 3.63) is 85.1 Å². The zero-order valence-corrected chi connectivity index (χ0v) is 56.5. The van der Waals surface area contributed by atoms with Crippen molar-refractivity contribution in [2.75, 3.05) is 47.5 Å². The first-order chi connectivity index (χ1) is 41.0. The highest BCUT2D eigenvalue weighted by Gasteiger charge is 2.27. The number of hydrogen-bond acceptors (Lipinski definition) is 7. The van der Waals surface area contributed by atoms with E-state index in [1.807, 2.05) is 21.1 Å². The smallest absolute Gasteiger partial charge is 0.462 e. The summed E-state index contributed by atoms with van der Waals surface area (Å²) in [6, 6.07) is 0. The predicted molar refractivity (Wildman–Crippen MR) is 362 cm³/mol. The fourth-order valence-corrected chi connectivity index (χ4v) is 10.8. The number of likely N-dealkylation sites (N-methyl/N-ethyl adjacent to an activating group) is 1. The van der Waals surface area contributed by atoms with Gasteiger partial charge in [-0.05, 0) is 89.9 Å². The van der Waals surface area contributed by atoms with E-state index in [-0.39, 0.29) is 32.0 Å². The van der Waals surface area contributed by atoms with Crippen LogP contribution in [-0.2, 0) is 32.7 Å². The number of phosphoric acid groups is 1. The third kappa shape index (κ3) is 68.3. The van der Waals surface area contributed by atoms with Gasteiger partial charge in [0.05, 0.1) is 27.7 Å². The van der Waals surface area contributed by atoms with E-state index < -0.39 is 26.5 Å². The predicted octanol–water partition coefficient (Wildman–Crippen LogP) is 22.9. The molecule has 1 N–H and O–H groups in total. The number of hydrogen-bond donors (Lipinski definition) is 1. The lowest BCUT2D eigenvalue weighted by atomic mass is 10.0. The van der Waals surface area contributed by atoms with Gasteiger partial charge in [-0.2, -0.15) is 0 Å². The molecule has 0 spiro atoms. The lowest BCUT2D eigenvalue weighted by Crippen LogP contribution is -2.37. The number of unbranched alkanes of at least 4 members (excludes halogenated alkanes) is 37. The summed E-state index contributed by atoms with van der Waals surface area (Å²) in [6.45, 7) is 4.33. The maximum absolute atomic E-state index is 12.9. The molecule has 0 amide bonds. The average molecular weight is 1200 g/mol. The minimum absolute atomic E-state index is 0.0260. The fourth-order valence-electron chi connectivity index (χ4n) is 10.0. The molecule has 0 rings (SSSR count). The Bertz CT molecular complexity index is 1690. The third-order valence-electron chi connectivity index (χ3n) is 15.4. The SMILES string of the molecule is CC/C=C\C/C=C\C/C=C\C/C=C\C/C=C\C/C=C\CCCCCCCCC(=O)OC(COC(=O)CCCCCCCCCCCCCCCCCCCCCCCCC/C=C\CCCCCCCCCC)COP(=O)(O)OCC[N+](C)(C)C. The first kappa shape index (κ1) is 81.2.